The van der Waals surface area contributed by atoms with Crippen LogP contribution in [0, 0.1) is 0 Å². The molecule has 0 bridgehead atoms. The summed E-state index contributed by atoms with van der Waals surface area (Å²) in [6.07, 6.45) is 4.68. The molecule has 0 saturated heterocycles. The summed E-state index contributed by atoms with van der Waals surface area (Å²) < 4.78 is 0. The average Bonchev–Trinajstić information content (AvgIpc) is 2.60. The van der Waals surface area contributed by atoms with Crippen molar-refractivity contribution in [3.63, 3.8) is 0 Å². The van der Waals surface area contributed by atoms with Gasteiger partial charge < -0.3 is 15.7 Å². The molecule has 136 valence electrons. The summed E-state index contributed by atoms with van der Waals surface area (Å²) in [6.45, 7) is 5.34. The van der Waals surface area contributed by atoms with Crippen molar-refractivity contribution in [3.8, 4) is 0 Å². The summed E-state index contributed by atoms with van der Waals surface area (Å²) in [5.74, 6) is -1.15. The Balaban J connectivity index is 1.76. The van der Waals surface area contributed by atoms with E-state index in [1.807, 2.05) is 12.1 Å². The second-order valence-electron chi connectivity index (χ2n) is 6.86. The molecule has 5 heteroatoms. The van der Waals surface area contributed by atoms with Crippen LogP contribution in [0.2, 0.25) is 0 Å². The summed E-state index contributed by atoms with van der Waals surface area (Å²) in [6, 6.07) is 8.03. The van der Waals surface area contributed by atoms with Gasteiger partial charge in [-0.25, -0.2) is 0 Å². The molecule has 1 aliphatic carbocycles. The molecule has 1 aromatic carbocycles. The fourth-order valence-electron chi connectivity index (χ4n) is 3.09. The van der Waals surface area contributed by atoms with Crippen LogP contribution in [0.15, 0.2) is 35.4 Å². The normalized spacial score (nSPS) is 17.2. The lowest BCUT2D eigenvalue weighted by molar-refractivity contribution is -0.136. The molecule has 0 aromatic heterocycles. The van der Waals surface area contributed by atoms with E-state index in [2.05, 4.69) is 24.5 Å². The van der Waals surface area contributed by atoms with Crippen molar-refractivity contribution in [2.75, 3.05) is 6.54 Å². The van der Waals surface area contributed by atoms with Crippen LogP contribution in [0.5, 0.6) is 0 Å². The van der Waals surface area contributed by atoms with E-state index in [-0.39, 0.29) is 18.9 Å². The molecule has 0 spiro atoms. The van der Waals surface area contributed by atoms with Crippen molar-refractivity contribution in [1.82, 2.24) is 10.6 Å². The lowest BCUT2D eigenvalue weighted by atomic mass is 9.88. The first-order chi connectivity index (χ1) is 12.0. The first kappa shape index (κ1) is 19.2. The van der Waals surface area contributed by atoms with Crippen LogP contribution in [0.3, 0.4) is 0 Å². The number of carboxylic acids is 1. The Morgan fingerprint density at radius 1 is 1.12 bits per heavy atom. The summed E-state index contributed by atoms with van der Waals surface area (Å²) in [7, 11) is 0. The SMILES string of the molecule is CC(C)=C1CCC(NCc2ccc(C(=O)NCCC(=O)O)cc2)CC1. The number of benzene rings is 1. The highest BCUT2D eigenvalue weighted by molar-refractivity contribution is 5.94. The van der Waals surface area contributed by atoms with Gasteiger partial charge in [0.05, 0.1) is 6.42 Å². The minimum Gasteiger partial charge on any atom is -0.481 e. The zero-order valence-corrected chi connectivity index (χ0v) is 15.1. The largest absolute Gasteiger partial charge is 0.481 e. The lowest BCUT2D eigenvalue weighted by Gasteiger charge is -2.26. The van der Waals surface area contributed by atoms with Gasteiger partial charge in [0.2, 0.25) is 0 Å². The highest BCUT2D eigenvalue weighted by atomic mass is 16.4. The summed E-state index contributed by atoms with van der Waals surface area (Å²) in [5, 5.41) is 14.8. The molecule has 1 fully saturated rings. The van der Waals surface area contributed by atoms with Crippen molar-refractivity contribution >= 4 is 11.9 Å². The number of nitrogens with one attached hydrogen (secondary N) is 2. The molecule has 1 amide bonds. The van der Waals surface area contributed by atoms with Gasteiger partial charge in [0.1, 0.15) is 0 Å². The van der Waals surface area contributed by atoms with Crippen molar-refractivity contribution in [2.24, 2.45) is 0 Å². The third-order valence-corrected chi connectivity index (χ3v) is 4.73. The third kappa shape index (κ3) is 6.35. The lowest BCUT2D eigenvalue weighted by Crippen LogP contribution is -2.31. The molecule has 1 aromatic rings. The van der Waals surface area contributed by atoms with Crippen LogP contribution in [0.1, 0.15) is 61.9 Å². The number of carbonyl (C=O) groups excluding carboxylic acids is 1. The van der Waals surface area contributed by atoms with Gasteiger partial charge in [-0.3, -0.25) is 9.59 Å². The number of aliphatic carboxylic acids is 1. The summed E-state index contributed by atoms with van der Waals surface area (Å²) >= 11 is 0. The smallest absolute Gasteiger partial charge is 0.305 e. The van der Waals surface area contributed by atoms with E-state index in [0.717, 1.165) is 12.1 Å². The van der Waals surface area contributed by atoms with E-state index in [1.165, 1.54) is 31.3 Å². The van der Waals surface area contributed by atoms with Crippen LogP contribution >= 0.6 is 0 Å². The molecule has 1 saturated carbocycles. The molecule has 5 nitrogen and oxygen atoms in total. The Morgan fingerprint density at radius 2 is 1.76 bits per heavy atom. The van der Waals surface area contributed by atoms with Gasteiger partial charge in [-0.2, -0.15) is 0 Å². The Morgan fingerprint density at radius 3 is 2.32 bits per heavy atom. The molecular formula is C20H28N2O3. The first-order valence-corrected chi connectivity index (χ1v) is 8.93. The molecule has 25 heavy (non-hydrogen) atoms. The summed E-state index contributed by atoms with van der Waals surface area (Å²) in [4.78, 5) is 22.4. The van der Waals surface area contributed by atoms with E-state index in [0.29, 0.717) is 11.6 Å². The topological polar surface area (TPSA) is 78.4 Å². The van der Waals surface area contributed by atoms with E-state index >= 15 is 0 Å². The second kappa shape index (κ2) is 9.37. The van der Waals surface area contributed by atoms with Gasteiger partial charge in [-0.05, 0) is 57.2 Å². The van der Waals surface area contributed by atoms with Crippen LogP contribution in [-0.4, -0.2) is 29.6 Å². The molecule has 2 rings (SSSR count). The van der Waals surface area contributed by atoms with Crippen LogP contribution in [0.4, 0.5) is 0 Å². The van der Waals surface area contributed by atoms with Gasteiger partial charge in [0, 0.05) is 24.7 Å². The van der Waals surface area contributed by atoms with E-state index in [4.69, 9.17) is 5.11 Å². The van der Waals surface area contributed by atoms with Gasteiger partial charge in [-0.1, -0.05) is 23.3 Å². The van der Waals surface area contributed by atoms with Gasteiger partial charge in [-0.15, -0.1) is 0 Å². The molecule has 1 aliphatic rings. The van der Waals surface area contributed by atoms with Gasteiger partial charge >= 0.3 is 5.97 Å². The number of hydrogen-bond acceptors (Lipinski definition) is 3. The van der Waals surface area contributed by atoms with E-state index in [1.54, 1.807) is 17.7 Å². The Kier molecular flexibility index (Phi) is 7.19. The number of carboxylic acid groups (broad SMARTS) is 1. The number of amides is 1. The average molecular weight is 344 g/mol. The molecule has 0 unspecified atom stereocenters. The zero-order valence-electron chi connectivity index (χ0n) is 15.1. The van der Waals surface area contributed by atoms with Gasteiger partial charge in [0.25, 0.3) is 5.91 Å². The summed E-state index contributed by atoms with van der Waals surface area (Å²) in [5.41, 5.74) is 4.78. The number of carbonyl (C=O) groups is 2. The van der Waals surface area contributed by atoms with Gasteiger partial charge in [0.15, 0.2) is 0 Å². The predicted octanol–water partition coefficient (Wildman–Crippen LogP) is 3.26. The molecule has 0 atom stereocenters. The minimum absolute atomic E-state index is 0.0659. The molecular weight excluding hydrogens is 316 g/mol. The Labute approximate surface area is 149 Å². The standard InChI is InChI=1S/C20H28N2O3/c1-14(2)16-7-9-18(10-8-16)22-13-15-3-5-17(6-4-15)20(25)21-12-11-19(23)24/h3-6,18,22H,7-13H2,1-2H3,(H,21,25)(H,23,24). The fourth-order valence-corrected chi connectivity index (χ4v) is 3.09. The minimum atomic E-state index is -0.916. The highest BCUT2D eigenvalue weighted by Gasteiger charge is 2.16. The van der Waals surface area contributed by atoms with Crippen LogP contribution < -0.4 is 10.6 Å². The maximum atomic E-state index is 11.9. The van der Waals surface area contributed by atoms with Crippen molar-refractivity contribution < 1.29 is 14.7 Å². The molecule has 0 radical (unpaired) electrons. The highest BCUT2D eigenvalue weighted by Crippen LogP contribution is 2.26. The molecule has 0 aliphatic heterocycles. The zero-order chi connectivity index (χ0) is 18.2. The predicted molar refractivity (Wildman–Crippen MR) is 98.5 cm³/mol. The second-order valence-corrected chi connectivity index (χ2v) is 6.86. The number of rotatable bonds is 7. The van der Waals surface area contributed by atoms with E-state index in [9.17, 15) is 9.59 Å². The maximum Gasteiger partial charge on any atom is 0.305 e. The van der Waals surface area contributed by atoms with E-state index < -0.39 is 5.97 Å². The van der Waals surface area contributed by atoms with Crippen molar-refractivity contribution in [3.05, 3.63) is 46.5 Å². The Bertz CT molecular complexity index is 621. The molecule has 3 N–H and O–H groups in total. The maximum absolute atomic E-state index is 11.9. The first-order valence-electron chi connectivity index (χ1n) is 8.93. The number of hydrogen-bond donors (Lipinski definition) is 3. The van der Waals surface area contributed by atoms with Crippen molar-refractivity contribution in [2.45, 2.75) is 58.5 Å². The quantitative estimate of drug-likeness (QED) is 0.664. The third-order valence-electron chi connectivity index (χ3n) is 4.73. The fraction of sp³-hybridized carbons (Fsp3) is 0.500. The number of allylic oxidation sites excluding steroid dienone is 2. The van der Waals surface area contributed by atoms with Crippen molar-refractivity contribution in [1.29, 1.82) is 0 Å². The van der Waals surface area contributed by atoms with Crippen LogP contribution in [0.25, 0.3) is 0 Å². The molecule has 0 heterocycles. The van der Waals surface area contributed by atoms with Crippen LogP contribution in [-0.2, 0) is 11.3 Å². The Hall–Kier alpha value is -2.14. The monoisotopic (exact) mass is 344 g/mol.